The summed E-state index contributed by atoms with van der Waals surface area (Å²) in [5, 5.41) is 0. The summed E-state index contributed by atoms with van der Waals surface area (Å²) in [6, 6.07) is 4.16. The van der Waals surface area contributed by atoms with Gasteiger partial charge in [-0.3, -0.25) is 4.84 Å². The summed E-state index contributed by atoms with van der Waals surface area (Å²) in [5.74, 6) is 5.13. The van der Waals surface area contributed by atoms with Crippen LogP contribution in [0, 0.1) is 13.8 Å². The topological polar surface area (TPSA) is 35.2 Å². The average molecular weight is 244 g/mol. The number of rotatable bonds is 2. The van der Waals surface area contributed by atoms with E-state index in [2.05, 4.69) is 41.9 Å². The Morgan fingerprint density at radius 3 is 2.15 bits per heavy atom. The van der Waals surface area contributed by atoms with Crippen molar-refractivity contribution >= 4 is 15.9 Å². The van der Waals surface area contributed by atoms with Crippen molar-refractivity contribution in [3.05, 3.63) is 33.3 Å². The molecule has 0 radical (unpaired) electrons. The summed E-state index contributed by atoms with van der Waals surface area (Å²) in [7, 11) is 0. The third kappa shape index (κ3) is 2.30. The summed E-state index contributed by atoms with van der Waals surface area (Å²) in [5.41, 5.74) is 3.53. The molecule has 1 aromatic rings. The minimum Gasteiger partial charge on any atom is -0.297 e. The first-order valence-corrected chi connectivity index (χ1v) is 4.97. The van der Waals surface area contributed by atoms with Crippen LogP contribution in [0.5, 0.6) is 0 Å². The Morgan fingerprint density at radius 2 is 1.77 bits per heavy atom. The van der Waals surface area contributed by atoms with E-state index in [0.29, 0.717) is 0 Å². The van der Waals surface area contributed by atoms with Crippen molar-refractivity contribution in [2.75, 3.05) is 0 Å². The smallest absolute Gasteiger partial charge is 0.101 e. The van der Waals surface area contributed by atoms with Gasteiger partial charge in [-0.05, 0) is 37.5 Å². The van der Waals surface area contributed by atoms with Crippen molar-refractivity contribution < 1.29 is 4.84 Å². The summed E-state index contributed by atoms with van der Waals surface area (Å²) in [6.07, 6.45) is -0.0505. The zero-order valence-electron chi connectivity index (χ0n) is 8.10. The lowest BCUT2D eigenvalue weighted by atomic mass is 10.0. The average Bonchev–Trinajstić information content (AvgIpc) is 2.12. The Hall–Kier alpha value is -0.380. The van der Waals surface area contributed by atoms with Crippen molar-refractivity contribution in [3.8, 4) is 0 Å². The molecule has 0 heterocycles. The van der Waals surface area contributed by atoms with Crippen LogP contribution >= 0.6 is 15.9 Å². The molecule has 1 atom stereocenters. The van der Waals surface area contributed by atoms with Crippen LogP contribution in [-0.2, 0) is 4.84 Å². The van der Waals surface area contributed by atoms with Crippen molar-refractivity contribution in [2.45, 2.75) is 26.9 Å². The minimum atomic E-state index is -0.0505. The van der Waals surface area contributed by atoms with E-state index in [4.69, 9.17) is 10.7 Å². The van der Waals surface area contributed by atoms with Crippen LogP contribution < -0.4 is 5.90 Å². The first kappa shape index (κ1) is 10.7. The van der Waals surface area contributed by atoms with Crippen LogP contribution in [0.15, 0.2) is 16.6 Å². The summed E-state index contributed by atoms with van der Waals surface area (Å²) >= 11 is 3.51. The summed E-state index contributed by atoms with van der Waals surface area (Å²) in [4.78, 5) is 4.77. The highest BCUT2D eigenvalue weighted by molar-refractivity contribution is 9.10. The molecule has 13 heavy (non-hydrogen) atoms. The molecule has 0 amide bonds. The Balaban J connectivity index is 3.13. The van der Waals surface area contributed by atoms with E-state index in [0.717, 1.165) is 10.0 Å². The molecule has 2 nitrogen and oxygen atoms in total. The zero-order chi connectivity index (χ0) is 10.0. The summed E-state index contributed by atoms with van der Waals surface area (Å²) in [6.45, 7) is 6.05. The van der Waals surface area contributed by atoms with E-state index in [1.54, 1.807) is 0 Å². The predicted octanol–water partition coefficient (Wildman–Crippen LogP) is 3.02. The van der Waals surface area contributed by atoms with Crippen LogP contribution in [0.2, 0.25) is 0 Å². The Labute approximate surface area is 87.2 Å². The fourth-order valence-electron chi connectivity index (χ4n) is 1.29. The van der Waals surface area contributed by atoms with E-state index >= 15 is 0 Å². The van der Waals surface area contributed by atoms with Gasteiger partial charge >= 0.3 is 0 Å². The minimum absolute atomic E-state index is 0.0505. The maximum atomic E-state index is 5.13. The zero-order valence-corrected chi connectivity index (χ0v) is 9.68. The van der Waals surface area contributed by atoms with Crippen LogP contribution in [-0.4, -0.2) is 0 Å². The quantitative estimate of drug-likeness (QED) is 0.811. The van der Waals surface area contributed by atoms with Gasteiger partial charge < -0.3 is 0 Å². The van der Waals surface area contributed by atoms with E-state index in [9.17, 15) is 0 Å². The molecule has 0 saturated carbocycles. The normalized spacial score (nSPS) is 13.0. The van der Waals surface area contributed by atoms with Crippen molar-refractivity contribution in [2.24, 2.45) is 5.90 Å². The molecule has 0 spiro atoms. The van der Waals surface area contributed by atoms with Crippen LogP contribution in [0.25, 0.3) is 0 Å². The van der Waals surface area contributed by atoms with Gasteiger partial charge in [0, 0.05) is 4.47 Å². The molecule has 0 bridgehead atoms. The fraction of sp³-hybridized carbons (Fsp3) is 0.400. The van der Waals surface area contributed by atoms with E-state index in [-0.39, 0.29) is 6.10 Å². The van der Waals surface area contributed by atoms with Gasteiger partial charge in [0.05, 0.1) is 0 Å². The molecule has 2 N–H and O–H groups in total. The lowest BCUT2D eigenvalue weighted by Crippen LogP contribution is -2.06. The van der Waals surface area contributed by atoms with Crippen LogP contribution in [0.1, 0.15) is 29.7 Å². The monoisotopic (exact) mass is 243 g/mol. The molecule has 0 aliphatic rings. The number of halogens is 1. The first-order chi connectivity index (χ1) is 6.06. The maximum Gasteiger partial charge on any atom is 0.101 e. The van der Waals surface area contributed by atoms with Gasteiger partial charge in [0.1, 0.15) is 6.10 Å². The SMILES string of the molecule is Cc1cc(C(C)ON)cc(C)c1Br. The highest BCUT2D eigenvalue weighted by atomic mass is 79.9. The molecule has 0 fully saturated rings. The number of hydrogen-bond donors (Lipinski definition) is 1. The van der Waals surface area contributed by atoms with Gasteiger partial charge in [-0.15, -0.1) is 0 Å². The Bertz CT molecular complexity index is 289. The largest absolute Gasteiger partial charge is 0.297 e. The second-order valence-corrected chi connectivity index (χ2v) is 4.04. The van der Waals surface area contributed by atoms with Crippen LogP contribution in [0.4, 0.5) is 0 Å². The van der Waals surface area contributed by atoms with Crippen molar-refractivity contribution in [3.63, 3.8) is 0 Å². The number of benzene rings is 1. The third-order valence-corrected chi connectivity index (χ3v) is 3.38. The van der Waals surface area contributed by atoms with Crippen LogP contribution in [0.3, 0.4) is 0 Å². The predicted molar refractivity (Wildman–Crippen MR) is 57.3 cm³/mol. The van der Waals surface area contributed by atoms with Gasteiger partial charge in [-0.25, -0.2) is 5.90 Å². The van der Waals surface area contributed by atoms with Gasteiger partial charge in [0.2, 0.25) is 0 Å². The number of nitrogens with two attached hydrogens (primary N) is 1. The molecule has 3 heteroatoms. The number of aryl methyl sites for hydroxylation is 2. The molecular weight excluding hydrogens is 230 g/mol. The molecule has 1 rings (SSSR count). The summed E-state index contributed by atoms with van der Waals surface area (Å²) < 4.78 is 1.15. The van der Waals surface area contributed by atoms with Crippen molar-refractivity contribution in [1.82, 2.24) is 0 Å². The maximum absolute atomic E-state index is 5.13. The molecule has 0 saturated heterocycles. The molecular formula is C10H14BrNO. The molecule has 0 aromatic heterocycles. The lowest BCUT2D eigenvalue weighted by Gasteiger charge is -2.12. The van der Waals surface area contributed by atoms with Gasteiger partial charge in [-0.1, -0.05) is 28.1 Å². The first-order valence-electron chi connectivity index (χ1n) is 4.18. The highest BCUT2D eigenvalue weighted by Gasteiger charge is 2.08. The molecule has 72 valence electrons. The van der Waals surface area contributed by atoms with E-state index < -0.39 is 0 Å². The second kappa shape index (κ2) is 4.22. The molecule has 0 aliphatic carbocycles. The highest BCUT2D eigenvalue weighted by Crippen LogP contribution is 2.26. The Kier molecular flexibility index (Phi) is 3.47. The van der Waals surface area contributed by atoms with E-state index in [1.165, 1.54) is 11.1 Å². The van der Waals surface area contributed by atoms with E-state index in [1.807, 2.05) is 6.92 Å². The number of hydrogen-bond acceptors (Lipinski definition) is 2. The molecule has 1 unspecified atom stereocenters. The van der Waals surface area contributed by atoms with Crippen molar-refractivity contribution in [1.29, 1.82) is 0 Å². The second-order valence-electron chi connectivity index (χ2n) is 3.25. The molecule has 1 aromatic carbocycles. The lowest BCUT2D eigenvalue weighted by molar-refractivity contribution is 0.0663. The Morgan fingerprint density at radius 1 is 1.31 bits per heavy atom. The third-order valence-electron chi connectivity index (χ3n) is 2.13. The van der Waals surface area contributed by atoms with Gasteiger partial charge in [0.15, 0.2) is 0 Å². The van der Waals surface area contributed by atoms with Gasteiger partial charge in [0.25, 0.3) is 0 Å². The standard InChI is InChI=1S/C10H14BrNO/c1-6-4-9(8(3)13-12)5-7(2)10(6)11/h4-5,8H,12H2,1-3H3. The molecule has 0 aliphatic heterocycles. The fourth-order valence-corrected chi connectivity index (χ4v) is 1.52. The van der Waals surface area contributed by atoms with Gasteiger partial charge in [-0.2, -0.15) is 0 Å².